The largest absolute Gasteiger partial charge is 0.370 e. The number of carbonyl (C=O) groups is 1. The molecule has 1 aromatic heterocycles. The van der Waals surface area contributed by atoms with Gasteiger partial charge >= 0.3 is 5.69 Å². The van der Waals surface area contributed by atoms with Gasteiger partial charge in [-0.05, 0) is 17.7 Å². The summed E-state index contributed by atoms with van der Waals surface area (Å²) in [6, 6.07) is 7.43. The smallest absolute Gasteiger partial charge is 0.341 e. The van der Waals surface area contributed by atoms with Gasteiger partial charge in [-0.2, -0.15) is 0 Å². The number of morpholine rings is 1. The molecule has 0 unspecified atom stereocenters. The molecule has 1 aliphatic rings. The lowest BCUT2D eigenvalue weighted by molar-refractivity contribution is -0.136. The summed E-state index contributed by atoms with van der Waals surface area (Å²) >= 11 is 7.08. The van der Waals surface area contributed by atoms with Gasteiger partial charge in [-0.3, -0.25) is 9.78 Å². The quantitative estimate of drug-likeness (QED) is 0.811. The molecule has 23 heavy (non-hydrogen) atoms. The van der Waals surface area contributed by atoms with Gasteiger partial charge in [-0.15, -0.1) is 5.10 Å². The zero-order valence-corrected chi connectivity index (χ0v) is 13.7. The highest BCUT2D eigenvalue weighted by Crippen LogP contribution is 2.24. The van der Waals surface area contributed by atoms with Crippen molar-refractivity contribution in [1.82, 2.24) is 20.1 Å². The fourth-order valence-electron chi connectivity index (χ4n) is 2.30. The van der Waals surface area contributed by atoms with E-state index in [1.807, 2.05) is 24.3 Å². The topological polar surface area (TPSA) is 91.1 Å². The van der Waals surface area contributed by atoms with Crippen LogP contribution in [0.5, 0.6) is 0 Å². The fraction of sp³-hybridized carbons (Fsp3) is 0.357. The molecule has 122 valence electrons. The van der Waals surface area contributed by atoms with Crippen molar-refractivity contribution in [2.75, 3.05) is 25.4 Å². The molecule has 7 nitrogen and oxygen atoms in total. The summed E-state index contributed by atoms with van der Waals surface area (Å²) in [6.45, 7) is 1.54. The maximum Gasteiger partial charge on any atom is 0.341 e. The number of ether oxygens (including phenoxy) is 1. The molecule has 0 aliphatic carbocycles. The van der Waals surface area contributed by atoms with Crippen LogP contribution in [0.15, 0.2) is 34.2 Å². The highest BCUT2D eigenvalue weighted by molar-refractivity contribution is 7.99. The van der Waals surface area contributed by atoms with Crippen LogP contribution in [0.2, 0.25) is 5.02 Å². The Morgan fingerprint density at radius 2 is 2.22 bits per heavy atom. The molecular weight excluding hydrogens is 340 g/mol. The predicted molar refractivity (Wildman–Crippen MR) is 86.7 cm³/mol. The molecular formula is C14H15ClN4O3S. The van der Waals surface area contributed by atoms with Crippen LogP contribution in [0.4, 0.5) is 0 Å². The van der Waals surface area contributed by atoms with Crippen molar-refractivity contribution >= 4 is 29.3 Å². The summed E-state index contributed by atoms with van der Waals surface area (Å²) in [7, 11) is 0. The fourth-order valence-corrected chi connectivity index (χ4v) is 3.14. The van der Waals surface area contributed by atoms with Gasteiger partial charge in [0, 0.05) is 11.6 Å². The van der Waals surface area contributed by atoms with Crippen LogP contribution in [0.3, 0.4) is 0 Å². The Kier molecular flexibility index (Phi) is 5.04. The van der Waals surface area contributed by atoms with E-state index < -0.39 is 0 Å². The lowest BCUT2D eigenvalue weighted by Crippen LogP contribution is -2.43. The normalized spacial score (nSPS) is 18.1. The standard InChI is InChI=1S/C14H15ClN4O3S/c15-10-3-1-9(2-4-10)11-7-19(5-6-22-11)12(20)8-23-14-16-13(21)17-18-14/h1-4,11H,5-8H2,(H2,16,17,18,21)/t11-/m0/s1. The monoisotopic (exact) mass is 354 g/mol. The van der Waals surface area contributed by atoms with Crippen LogP contribution in [0, 0.1) is 0 Å². The van der Waals surface area contributed by atoms with Gasteiger partial charge in [0.1, 0.15) is 6.10 Å². The summed E-state index contributed by atoms with van der Waals surface area (Å²) in [6.07, 6.45) is -0.153. The highest BCUT2D eigenvalue weighted by Gasteiger charge is 2.25. The molecule has 1 saturated heterocycles. The second kappa shape index (κ2) is 7.20. The number of thioether (sulfide) groups is 1. The Bertz CT molecular complexity index is 730. The van der Waals surface area contributed by atoms with Crippen molar-refractivity contribution in [2.45, 2.75) is 11.3 Å². The number of aromatic nitrogens is 3. The van der Waals surface area contributed by atoms with E-state index in [1.165, 1.54) is 11.8 Å². The average molecular weight is 355 g/mol. The zero-order valence-electron chi connectivity index (χ0n) is 12.1. The van der Waals surface area contributed by atoms with Crippen LogP contribution in [0.25, 0.3) is 0 Å². The van der Waals surface area contributed by atoms with Gasteiger partial charge in [-0.25, -0.2) is 9.89 Å². The van der Waals surface area contributed by atoms with Crippen LogP contribution < -0.4 is 5.69 Å². The van der Waals surface area contributed by atoms with E-state index in [-0.39, 0.29) is 23.5 Å². The van der Waals surface area contributed by atoms with E-state index >= 15 is 0 Å². The number of nitrogens with zero attached hydrogens (tertiary/aromatic N) is 2. The van der Waals surface area contributed by atoms with E-state index in [0.717, 1.165) is 5.56 Å². The molecule has 0 radical (unpaired) electrons. The number of hydrogen-bond donors (Lipinski definition) is 2. The molecule has 0 spiro atoms. The molecule has 1 amide bonds. The Morgan fingerprint density at radius 3 is 2.91 bits per heavy atom. The number of aromatic amines is 2. The minimum Gasteiger partial charge on any atom is -0.370 e. The Hall–Kier alpha value is -1.77. The molecule has 1 aromatic carbocycles. The van der Waals surface area contributed by atoms with Crippen molar-refractivity contribution in [1.29, 1.82) is 0 Å². The number of rotatable bonds is 4. The van der Waals surface area contributed by atoms with Crippen molar-refractivity contribution in [3.8, 4) is 0 Å². The number of carbonyl (C=O) groups excluding carboxylic acids is 1. The van der Waals surface area contributed by atoms with Crippen molar-refractivity contribution in [3.63, 3.8) is 0 Å². The molecule has 0 bridgehead atoms. The molecule has 2 heterocycles. The Balaban J connectivity index is 1.58. The van der Waals surface area contributed by atoms with E-state index in [9.17, 15) is 9.59 Å². The van der Waals surface area contributed by atoms with Gasteiger partial charge in [0.25, 0.3) is 0 Å². The average Bonchev–Trinajstić information content (AvgIpc) is 2.99. The second-order valence-electron chi connectivity index (χ2n) is 5.02. The molecule has 1 aliphatic heterocycles. The van der Waals surface area contributed by atoms with Gasteiger partial charge in [-0.1, -0.05) is 35.5 Å². The number of amides is 1. The van der Waals surface area contributed by atoms with Gasteiger partial charge in [0.15, 0.2) is 5.16 Å². The first-order valence-corrected chi connectivity index (χ1v) is 8.40. The maximum atomic E-state index is 12.3. The molecule has 1 atom stereocenters. The van der Waals surface area contributed by atoms with Crippen LogP contribution in [0.1, 0.15) is 11.7 Å². The maximum absolute atomic E-state index is 12.3. The Morgan fingerprint density at radius 1 is 1.43 bits per heavy atom. The van der Waals surface area contributed by atoms with E-state index in [2.05, 4.69) is 15.2 Å². The number of benzene rings is 1. The third kappa shape index (κ3) is 4.15. The van der Waals surface area contributed by atoms with Crippen molar-refractivity contribution in [3.05, 3.63) is 45.3 Å². The summed E-state index contributed by atoms with van der Waals surface area (Å²) in [5.41, 5.74) is 0.616. The predicted octanol–water partition coefficient (Wildman–Crippen LogP) is 1.44. The summed E-state index contributed by atoms with van der Waals surface area (Å²) in [5.74, 6) is 0.204. The second-order valence-corrected chi connectivity index (χ2v) is 6.42. The van der Waals surface area contributed by atoms with Gasteiger partial charge in [0.05, 0.1) is 18.9 Å². The molecule has 0 saturated carbocycles. The van der Waals surface area contributed by atoms with Crippen LogP contribution in [-0.2, 0) is 9.53 Å². The third-order valence-corrected chi connectivity index (χ3v) is 4.58. The van der Waals surface area contributed by atoms with Crippen LogP contribution in [-0.4, -0.2) is 51.4 Å². The summed E-state index contributed by atoms with van der Waals surface area (Å²) < 4.78 is 5.74. The summed E-state index contributed by atoms with van der Waals surface area (Å²) in [5, 5.41) is 7.11. The van der Waals surface area contributed by atoms with E-state index in [4.69, 9.17) is 16.3 Å². The van der Waals surface area contributed by atoms with E-state index in [1.54, 1.807) is 4.90 Å². The van der Waals surface area contributed by atoms with Gasteiger partial charge < -0.3 is 9.64 Å². The van der Waals surface area contributed by atoms with Crippen molar-refractivity contribution < 1.29 is 9.53 Å². The lowest BCUT2D eigenvalue weighted by atomic mass is 10.1. The first kappa shape index (κ1) is 16.1. The molecule has 1 fully saturated rings. The molecule has 2 aromatic rings. The van der Waals surface area contributed by atoms with Crippen LogP contribution >= 0.6 is 23.4 Å². The lowest BCUT2D eigenvalue weighted by Gasteiger charge is -2.33. The number of halogens is 1. The minimum absolute atomic E-state index is 0.0129. The third-order valence-electron chi connectivity index (χ3n) is 3.47. The number of nitrogens with one attached hydrogen (secondary N) is 2. The van der Waals surface area contributed by atoms with Gasteiger partial charge in [0.2, 0.25) is 5.91 Å². The molecule has 9 heteroatoms. The summed E-state index contributed by atoms with van der Waals surface area (Å²) in [4.78, 5) is 27.5. The first-order chi connectivity index (χ1) is 11.1. The molecule has 3 rings (SSSR count). The zero-order chi connectivity index (χ0) is 16.2. The first-order valence-electron chi connectivity index (χ1n) is 7.04. The van der Waals surface area contributed by atoms with Crippen molar-refractivity contribution in [2.24, 2.45) is 0 Å². The molecule has 2 N–H and O–H groups in total. The Labute approximate surface area is 141 Å². The SMILES string of the molecule is O=C(CSc1n[nH]c(=O)[nH]1)N1CCO[C@H](c2ccc(Cl)cc2)C1. The van der Waals surface area contributed by atoms with E-state index in [0.29, 0.717) is 29.9 Å². The number of hydrogen-bond acceptors (Lipinski definition) is 5. The minimum atomic E-state index is -0.380. The highest BCUT2D eigenvalue weighted by atomic mass is 35.5. The number of H-pyrrole nitrogens is 2.